The zero-order valence-electron chi connectivity index (χ0n) is 5.03. The van der Waals surface area contributed by atoms with E-state index in [1.807, 2.05) is 0 Å². The minimum Gasteiger partial charge on any atom is -0.369 e. The van der Waals surface area contributed by atoms with Crippen LogP contribution in [0.4, 0.5) is 5.95 Å². The Morgan fingerprint density at radius 1 is 1.89 bits per heavy atom. The molecule has 0 saturated carbocycles. The molecule has 0 aliphatic rings. The fraction of sp³-hybridized carbons (Fsp3) is 0.200. The summed E-state index contributed by atoms with van der Waals surface area (Å²) in [5.41, 5.74) is 5.27. The van der Waals surface area contributed by atoms with Gasteiger partial charge >= 0.3 is 0 Å². The molecule has 0 atom stereocenters. The molecule has 0 amide bonds. The van der Waals surface area contributed by atoms with Crippen molar-refractivity contribution in [1.82, 2.24) is 9.55 Å². The Balaban J connectivity index is 3.08. The molecule has 0 aromatic carbocycles. The molecule has 1 aromatic heterocycles. The molecule has 9 heavy (non-hydrogen) atoms. The average Bonchev–Trinajstić information content (AvgIpc) is 2.13. The number of aromatic nitrogens is 2. The fourth-order valence-electron chi connectivity index (χ4n) is 0.581. The monoisotopic (exact) mass is 125 g/mol. The highest BCUT2D eigenvalue weighted by Crippen LogP contribution is 1.95. The smallest absolute Gasteiger partial charge is 0.230 e. The van der Waals surface area contributed by atoms with Crippen LogP contribution in [0.15, 0.2) is 12.4 Å². The Labute approximate surface area is 52.3 Å². The molecule has 0 fully saturated rings. The van der Waals surface area contributed by atoms with Crippen LogP contribution in [0.2, 0.25) is 0 Å². The molecule has 48 valence electrons. The van der Waals surface area contributed by atoms with Crippen LogP contribution < -0.4 is 5.73 Å². The van der Waals surface area contributed by atoms with Crippen molar-refractivity contribution in [2.75, 3.05) is 5.73 Å². The highest BCUT2D eigenvalue weighted by molar-refractivity contribution is 5.78. The number of nitrogens with two attached hydrogens (primary N) is 1. The number of hydrogen-bond acceptors (Lipinski definition) is 3. The number of anilines is 1. The second kappa shape index (κ2) is 1.89. The van der Waals surface area contributed by atoms with E-state index in [0.29, 0.717) is 0 Å². The topological polar surface area (TPSA) is 60.9 Å². The molecule has 0 unspecified atom stereocenters. The maximum absolute atomic E-state index is 10.6. The van der Waals surface area contributed by atoms with E-state index in [-0.39, 0.29) is 11.9 Å². The zero-order chi connectivity index (χ0) is 6.85. The van der Waals surface area contributed by atoms with E-state index >= 15 is 0 Å². The number of carbonyl (C=O) groups excluding carboxylic acids is 1. The molecular weight excluding hydrogens is 118 g/mol. The van der Waals surface area contributed by atoms with Crippen molar-refractivity contribution in [3.8, 4) is 0 Å². The van der Waals surface area contributed by atoms with Gasteiger partial charge < -0.3 is 5.73 Å². The summed E-state index contributed by atoms with van der Waals surface area (Å²) in [6, 6.07) is 0. The Kier molecular flexibility index (Phi) is 1.22. The zero-order valence-corrected chi connectivity index (χ0v) is 5.03. The van der Waals surface area contributed by atoms with Crippen molar-refractivity contribution in [2.24, 2.45) is 0 Å². The van der Waals surface area contributed by atoms with Crippen molar-refractivity contribution in [3.63, 3.8) is 0 Å². The van der Waals surface area contributed by atoms with Crippen molar-refractivity contribution < 1.29 is 4.79 Å². The maximum atomic E-state index is 10.6. The fourth-order valence-corrected chi connectivity index (χ4v) is 0.581. The van der Waals surface area contributed by atoms with Crippen LogP contribution >= 0.6 is 0 Å². The first kappa shape index (κ1) is 5.81. The van der Waals surface area contributed by atoms with Crippen molar-refractivity contribution in [2.45, 2.75) is 6.92 Å². The summed E-state index contributed by atoms with van der Waals surface area (Å²) in [5, 5.41) is 0. The van der Waals surface area contributed by atoms with E-state index in [9.17, 15) is 4.79 Å². The third-order valence-corrected chi connectivity index (χ3v) is 1.01. The van der Waals surface area contributed by atoms with E-state index < -0.39 is 0 Å². The van der Waals surface area contributed by atoms with Gasteiger partial charge in [0.25, 0.3) is 0 Å². The number of hydrogen-bond donors (Lipinski definition) is 1. The first-order valence-corrected chi connectivity index (χ1v) is 2.51. The van der Waals surface area contributed by atoms with Gasteiger partial charge in [-0.25, -0.2) is 4.98 Å². The number of imidazole rings is 1. The van der Waals surface area contributed by atoms with E-state index in [4.69, 9.17) is 5.73 Å². The lowest BCUT2D eigenvalue weighted by Gasteiger charge is -1.93. The van der Waals surface area contributed by atoms with Gasteiger partial charge in [-0.2, -0.15) is 0 Å². The summed E-state index contributed by atoms with van der Waals surface area (Å²) in [4.78, 5) is 14.2. The van der Waals surface area contributed by atoms with Crippen LogP contribution in [0.1, 0.15) is 11.7 Å². The Bertz CT molecular complexity index is 228. The van der Waals surface area contributed by atoms with Gasteiger partial charge in [0, 0.05) is 19.3 Å². The first-order valence-electron chi connectivity index (χ1n) is 2.51. The molecule has 4 nitrogen and oxygen atoms in total. The molecule has 2 N–H and O–H groups in total. The third kappa shape index (κ3) is 0.910. The van der Waals surface area contributed by atoms with Crippen LogP contribution in [0.25, 0.3) is 0 Å². The van der Waals surface area contributed by atoms with E-state index in [1.54, 1.807) is 0 Å². The summed E-state index contributed by atoms with van der Waals surface area (Å²) >= 11 is 0. The molecular formula is C5H7N3O. The van der Waals surface area contributed by atoms with Gasteiger partial charge in [0.15, 0.2) is 0 Å². The maximum Gasteiger partial charge on any atom is 0.230 e. The molecule has 1 aromatic rings. The standard InChI is InChI=1S/C5H7N3O/c1-4(9)8-3-2-7-5(8)6/h2-3H,1H3,(H2,6,7). The van der Waals surface area contributed by atoms with Crippen molar-refractivity contribution >= 4 is 11.9 Å². The van der Waals surface area contributed by atoms with Gasteiger partial charge in [-0.05, 0) is 0 Å². The Hall–Kier alpha value is -1.32. The van der Waals surface area contributed by atoms with Gasteiger partial charge in [0.05, 0.1) is 0 Å². The van der Waals surface area contributed by atoms with E-state index in [2.05, 4.69) is 4.98 Å². The van der Waals surface area contributed by atoms with Crippen LogP contribution in [0.5, 0.6) is 0 Å². The second-order valence-corrected chi connectivity index (χ2v) is 1.67. The molecule has 0 spiro atoms. The SMILES string of the molecule is CC(=O)n1ccnc1N. The van der Waals surface area contributed by atoms with Crippen LogP contribution in [-0.2, 0) is 0 Å². The van der Waals surface area contributed by atoms with Gasteiger partial charge in [-0.15, -0.1) is 0 Å². The average molecular weight is 125 g/mol. The third-order valence-electron chi connectivity index (χ3n) is 1.01. The highest BCUT2D eigenvalue weighted by atomic mass is 16.1. The molecule has 1 rings (SSSR count). The van der Waals surface area contributed by atoms with Gasteiger partial charge in [0.2, 0.25) is 11.9 Å². The molecule has 0 aliphatic heterocycles. The van der Waals surface area contributed by atoms with Gasteiger partial charge in [0.1, 0.15) is 0 Å². The predicted octanol–water partition coefficient (Wildman–Crippen LogP) is 0.125. The summed E-state index contributed by atoms with van der Waals surface area (Å²) in [6.07, 6.45) is 3.01. The molecule has 1 heterocycles. The lowest BCUT2D eigenvalue weighted by molar-refractivity contribution is 0.0939. The Morgan fingerprint density at radius 2 is 2.56 bits per heavy atom. The quantitative estimate of drug-likeness (QED) is 0.536. The summed E-state index contributed by atoms with van der Waals surface area (Å²) < 4.78 is 1.28. The largest absolute Gasteiger partial charge is 0.369 e. The minimum atomic E-state index is -0.120. The predicted molar refractivity (Wildman–Crippen MR) is 32.9 cm³/mol. The lowest BCUT2D eigenvalue weighted by Crippen LogP contribution is -2.07. The van der Waals surface area contributed by atoms with Gasteiger partial charge in [-0.3, -0.25) is 9.36 Å². The molecule has 0 saturated heterocycles. The number of nitrogen functional groups attached to an aromatic ring is 1. The number of nitrogens with zero attached hydrogens (tertiary/aromatic N) is 2. The summed E-state index contributed by atoms with van der Waals surface area (Å²) in [5.74, 6) is 0.118. The molecule has 0 radical (unpaired) electrons. The molecule has 4 heteroatoms. The number of carbonyl (C=O) groups is 1. The van der Waals surface area contributed by atoms with E-state index in [1.165, 1.54) is 23.9 Å². The molecule has 0 aliphatic carbocycles. The van der Waals surface area contributed by atoms with Crippen LogP contribution in [-0.4, -0.2) is 15.5 Å². The lowest BCUT2D eigenvalue weighted by atomic mass is 10.7. The summed E-state index contributed by atoms with van der Waals surface area (Å²) in [6.45, 7) is 1.43. The summed E-state index contributed by atoms with van der Waals surface area (Å²) in [7, 11) is 0. The normalized spacial score (nSPS) is 9.44. The second-order valence-electron chi connectivity index (χ2n) is 1.67. The molecule has 0 bridgehead atoms. The minimum absolute atomic E-state index is 0.120. The number of rotatable bonds is 0. The van der Waals surface area contributed by atoms with Crippen molar-refractivity contribution in [1.29, 1.82) is 0 Å². The van der Waals surface area contributed by atoms with E-state index in [0.717, 1.165) is 0 Å². The van der Waals surface area contributed by atoms with Crippen LogP contribution in [0, 0.1) is 0 Å². The van der Waals surface area contributed by atoms with Gasteiger partial charge in [-0.1, -0.05) is 0 Å². The highest BCUT2D eigenvalue weighted by Gasteiger charge is 1.99. The van der Waals surface area contributed by atoms with Crippen molar-refractivity contribution in [3.05, 3.63) is 12.4 Å². The Morgan fingerprint density at radius 3 is 2.78 bits per heavy atom. The van der Waals surface area contributed by atoms with Crippen LogP contribution in [0.3, 0.4) is 0 Å². The first-order chi connectivity index (χ1) is 4.22.